The minimum Gasteiger partial charge on any atom is -0.391 e. The molecule has 2 fully saturated rings. The topological polar surface area (TPSA) is 28.4 Å². The minimum absolute atomic E-state index is 0.0832. The quantitative estimate of drug-likeness (QED) is 0.598. The number of benzene rings is 2. The van der Waals surface area contributed by atoms with Crippen LogP contribution in [0.15, 0.2) is 36.4 Å². The SMILES string of the molecule is OC1CCN(CC2(C(F)(F)F)CC2)CC1n1c2ccc(F)cc2c2cc(F)ccc21. The summed E-state index contributed by atoms with van der Waals surface area (Å²) in [6.07, 6.45) is -4.40. The molecule has 5 rings (SSSR count). The summed E-state index contributed by atoms with van der Waals surface area (Å²) in [5.74, 6) is -0.921. The summed E-state index contributed by atoms with van der Waals surface area (Å²) in [5, 5.41) is 11.8. The van der Waals surface area contributed by atoms with Crippen molar-refractivity contribution >= 4 is 21.8 Å². The van der Waals surface area contributed by atoms with Gasteiger partial charge >= 0.3 is 6.18 Å². The molecule has 160 valence electrons. The van der Waals surface area contributed by atoms with E-state index in [-0.39, 0.29) is 25.9 Å². The first-order valence-electron chi connectivity index (χ1n) is 10.0. The molecule has 1 aliphatic heterocycles. The molecule has 2 aromatic carbocycles. The standard InChI is InChI=1S/C22H21F5N2O/c23-13-1-3-17-15(9-13)16-10-14(24)2-4-18(16)29(17)19-11-28(8-5-20(19)30)12-21(6-7-21)22(25,26)27/h1-4,9-10,19-20,30H,5-8,11-12H2. The molecule has 1 saturated heterocycles. The van der Waals surface area contributed by atoms with Crippen molar-refractivity contribution in [2.24, 2.45) is 5.41 Å². The molecule has 0 spiro atoms. The second-order valence-corrected chi connectivity index (χ2v) is 8.63. The number of aliphatic hydroxyl groups is 1. The fourth-order valence-corrected chi connectivity index (χ4v) is 4.85. The normalized spacial score (nSPS) is 24.6. The fourth-order valence-electron chi connectivity index (χ4n) is 4.85. The molecular weight excluding hydrogens is 403 g/mol. The third-order valence-electron chi connectivity index (χ3n) is 6.67. The van der Waals surface area contributed by atoms with Gasteiger partial charge in [-0.25, -0.2) is 8.78 Å². The van der Waals surface area contributed by atoms with Crippen LogP contribution < -0.4 is 0 Å². The molecule has 0 radical (unpaired) electrons. The summed E-state index contributed by atoms with van der Waals surface area (Å²) in [6.45, 7) is 0.544. The summed E-state index contributed by atoms with van der Waals surface area (Å²) in [5.41, 5.74) is -0.396. The maximum atomic E-state index is 13.9. The molecule has 1 N–H and O–H groups in total. The lowest BCUT2D eigenvalue weighted by Gasteiger charge is -2.39. The molecule has 3 aromatic rings. The van der Waals surface area contributed by atoms with Crippen molar-refractivity contribution in [3.05, 3.63) is 48.0 Å². The smallest absolute Gasteiger partial charge is 0.391 e. The van der Waals surface area contributed by atoms with Gasteiger partial charge in [-0.15, -0.1) is 0 Å². The Labute approximate surface area is 169 Å². The Kier molecular flexibility index (Phi) is 4.38. The monoisotopic (exact) mass is 424 g/mol. The predicted octanol–water partition coefficient (Wildman–Crippen LogP) is 5.02. The van der Waals surface area contributed by atoms with Crippen LogP contribution in [0.2, 0.25) is 0 Å². The fraction of sp³-hybridized carbons (Fsp3) is 0.455. The van der Waals surface area contributed by atoms with Crippen molar-refractivity contribution in [2.75, 3.05) is 19.6 Å². The summed E-state index contributed by atoms with van der Waals surface area (Å²) in [4.78, 5) is 1.77. The van der Waals surface area contributed by atoms with E-state index in [4.69, 9.17) is 0 Å². The molecule has 1 aromatic heterocycles. The number of aromatic nitrogens is 1. The Morgan fingerprint density at radius 3 is 2.03 bits per heavy atom. The van der Waals surface area contributed by atoms with Crippen LogP contribution >= 0.6 is 0 Å². The second-order valence-electron chi connectivity index (χ2n) is 8.63. The summed E-state index contributed by atoms with van der Waals surface area (Å²) in [6, 6.07) is 7.87. The lowest BCUT2D eigenvalue weighted by atomic mass is 9.98. The van der Waals surface area contributed by atoms with E-state index in [2.05, 4.69) is 0 Å². The van der Waals surface area contributed by atoms with E-state index in [1.807, 2.05) is 4.57 Å². The Morgan fingerprint density at radius 1 is 0.967 bits per heavy atom. The third kappa shape index (κ3) is 3.08. The average Bonchev–Trinajstić information content (AvgIpc) is 3.41. The van der Waals surface area contributed by atoms with Crippen LogP contribution in [0.5, 0.6) is 0 Å². The maximum Gasteiger partial charge on any atom is 0.395 e. The number of piperidine rings is 1. The third-order valence-corrected chi connectivity index (χ3v) is 6.67. The van der Waals surface area contributed by atoms with Gasteiger partial charge in [0.25, 0.3) is 0 Å². The van der Waals surface area contributed by atoms with Crippen molar-refractivity contribution in [2.45, 2.75) is 37.6 Å². The molecule has 0 bridgehead atoms. The number of alkyl halides is 3. The molecule has 2 unspecified atom stereocenters. The van der Waals surface area contributed by atoms with Crippen molar-refractivity contribution < 1.29 is 27.1 Å². The van der Waals surface area contributed by atoms with Gasteiger partial charge in [0.2, 0.25) is 0 Å². The highest BCUT2D eigenvalue weighted by molar-refractivity contribution is 6.08. The van der Waals surface area contributed by atoms with E-state index in [9.17, 15) is 27.1 Å². The lowest BCUT2D eigenvalue weighted by Crippen LogP contribution is -2.48. The van der Waals surface area contributed by atoms with Crippen molar-refractivity contribution in [1.82, 2.24) is 9.47 Å². The summed E-state index contributed by atoms with van der Waals surface area (Å²) < 4.78 is 69.9. The number of hydrogen-bond acceptors (Lipinski definition) is 2. The maximum absolute atomic E-state index is 13.9. The van der Waals surface area contributed by atoms with E-state index < -0.39 is 35.4 Å². The van der Waals surface area contributed by atoms with Crippen LogP contribution in [-0.2, 0) is 0 Å². The first-order valence-corrected chi connectivity index (χ1v) is 10.0. The molecule has 0 amide bonds. The zero-order valence-corrected chi connectivity index (χ0v) is 16.1. The Balaban J connectivity index is 1.56. The van der Waals surface area contributed by atoms with Gasteiger partial charge in [-0.05, 0) is 55.7 Å². The zero-order valence-electron chi connectivity index (χ0n) is 16.1. The van der Waals surface area contributed by atoms with E-state index in [0.29, 0.717) is 34.8 Å². The summed E-state index contributed by atoms with van der Waals surface area (Å²) in [7, 11) is 0. The first-order chi connectivity index (χ1) is 14.2. The van der Waals surface area contributed by atoms with Gasteiger partial charge in [0, 0.05) is 41.4 Å². The van der Waals surface area contributed by atoms with Crippen LogP contribution in [0.25, 0.3) is 21.8 Å². The Hall–Kier alpha value is -2.19. The molecule has 1 saturated carbocycles. The second kappa shape index (κ2) is 6.65. The number of nitrogens with zero attached hydrogens (tertiary/aromatic N) is 2. The molecule has 2 atom stereocenters. The molecular formula is C22H21F5N2O. The molecule has 1 aliphatic carbocycles. The van der Waals surface area contributed by atoms with E-state index in [1.165, 1.54) is 24.3 Å². The summed E-state index contributed by atoms with van der Waals surface area (Å²) >= 11 is 0. The van der Waals surface area contributed by atoms with Crippen LogP contribution in [0.3, 0.4) is 0 Å². The van der Waals surface area contributed by atoms with E-state index >= 15 is 0 Å². The van der Waals surface area contributed by atoms with Gasteiger partial charge in [-0.3, -0.25) is 0 Å². The van der Waals surface area contributed by atoms with Crippen LogP contribution in [0, 0.1) is 17.0 Å². The van der Waals surface area contributed by atoms with Crippen LogP contribution in [0.1, 0.15) is 25.3 Å². The molecule has 2 aliphatic rings. The zero-order chi connectivity index (χ0) is 21.3. The number of halogens is 5. The average molecular weight is 424 g/mol. The van der Waals surface area contributed by atoms with Gasteiger partial charge in [0.05, 0.1) is 17.6 Å². The van der Waals surface area contributed by atoms with Crippen molar-refractivity contribution in [1.29, 1.82) is 0 Å². The van der Waals surface area contributed by atoms with Crippen LogP contribution in [0.4, 0.5) is 22.0 Å². The van der Waals surface area contributed by atoms with Gasteiger partial charge in [-0.1, -0.05) is 0 Å². The number of rotatable bonds is 3. The molecule has 2 heterocycles. The number of fused-ring (bicyclic) bond motifs is 3. The molecule has 8 heteroatoms. The largest absolute Gasteiger partial charge is 0.395 e. The Morgan fingerprint density at radius 2 is 1.53 bits per heavy atom. The van der Waals surface area contributed by atoms with E-state index in [0.717, 1.165) is 0 Å². The van der Waals surface area contributed by atoms with Gasteiger partial charge in [0.15, 0.2) is 0 Å². The molecule has 30 heavy (non-hydrogen) atoms. The highest BCUT2D eigenvalue weighted by atomic mass is 19.4. The Bertz CT molecular complexity index is 1060. The highest BCUT2D eigenvalue weighted by Gasteiger charge is 2.63. The van der Waals surface area contributed by atoms with Gasteiger partial charge < -0.3 is 14.6 Å². The predicted molar refractivity (Wildman–Crippen MR) is 103 cm³/mol. The van der Waals surface area contributed by atoms with E-state index in [1.54, 1.807) is 17.0 Å². The van der Waals surface area contributed by atoms with Crippen molar-refractivity contribution in [3.8, 4) is 0 Å². The van der Waals surface area contributed by atoms with Gasteiger partial charge in [-0.2, -0.15) is 13.2 Å². The van der Waals surface area contributed by atoms with Crippen LogP contribution in [-0.4, -0.2) is 46.5 Å². The lowest BCUT2D eigenvalue weighted by molar-refractivity contribution is -0.193. The number of hydrogen-bond donors (Lipinski definition) is 1. The van der Waals surface area contributed by atoms with Gasteiger partial charge in [0.1, 0.15) is 11.6 Å². The van der Waals surface area contributed by atoms with Crippen molar-refractivity contribution in [3.63, 3.8) is 0 Å². The highest BCUT2D eigenvalue weighted by Crippen LogP contribution is 2.58. The first kappa shape index (κ1) is 19.8. The number of likely N-dealkylation sites (tertiary alicyclic amines) is 1. The molecule has 3 nitrogen and oxygen atoms in total. The number of aliphatic hydroxyl groups excluding tert-OH is 1. The minimum atomic E-state index is -4.24.